The molecule has 7 atom stereocenters. The van der Waals surface area contributed by atoms with Gasteiger partial charge in [0, 0.05) is 25.7 Å². The van der Waals surface area contributed by atoms with Gasteiger partial charge in [-0.15, -0.1) is 0 Å². The fraction of sp³-hybridized carbons (Fsp3) is 0.840. The Kier molecular flexibility index (Phi) is 5.58. The molecule has 0 aliphatic heterocycles. The predicted molar refractivity (Wildman–Crippen MR) is 113 cm³/mol. The lowest BCUT2D eigenvalue weighted by Crippen LogP contribution is -2.59. The van der Waals surface area contributed by atoms with Crippen LogP contribution in [-0.4, -0.2) is 35.7 Å². The van der Waals surface area contributed by atoms with Crippen molar-refractivity contribution in [2.75, 3.05) is 6.61 Å². The minimum Gasteiger partial charge on any atom is -0.458 e. The van der Waals surface area contributed by atoms with Gasteiger partial charge in [0.2, 0.25) is 5.78 Å². The van der Waals surface area contributed by atoms with Gasteiger partial charge >= 0.3 is 11.9 Å². The fourth-order valence-electron chi connectivity index (χ4n) is 7.98. The van der Waals surface area contributed by atoms with Crippen molar-refractivity contribution in [2.45, 2.75) is 91.1 Å². The molecule has 0 amide bonds. The minimum absolute atomic E-state index is 0.0846. The zero-order valence-corrected chi connectivity index (χ0v) is 19.3. The third-order valence-electron chi connectivity index (χ3n) is 9.67. The molecule has 31 heavy (non-hydrogen) atoms. The number of esters is 2. The highest BCUT2D eigenvalue weighted by atomic mass is 16.6. The maximum absolute atomic E-state index is 13.1. The molecule has 0 heterocycles. The molecule has 0 bridgehead atoms. The molecular weight excluding hydrogens is 396 g/mol. The van der Waals surface area contributed by atoms with Crippen molar-refractivity contribution in [1.29, 1.82) is 0 Å². The number of Topliss-reactive ketones (excluding diaryl/α,β-unsaturated/α-hetero) is 2. The van der Waals surface area contributed by atoms with Crippen LogP contribution in [-0.2, 0) is 28.7 Å². The van der Waals surface area contributed by atoms with Gasteiger partial charge in [0.25, 0.3) is 0 Å². The second-order valence-electron chi connectivity index (χ2n) is 11.1. The predicted octanol–water partition coefficient (Wildman–Crippen LogP) is 4.03. The molecule has 0 N–H and O–H groups in total. The smallest absolute Gasteiger partial charge is 0.303 e. The van der Waals surface area contributed by atoms with E-state index in [0.29, 0.717) is 36.4 Å². The molecular formula is C25H36O6. The van der Waals surface area contributed by atoms with Crippen LogP contribution in [0.2, 0.25) is 0 Å². The zero-order chi connectivity index (χ0) is 22.6. The lowest BCUT2D eigenvalue weighted by atomic mass is 9.44. The molecule has 0 radical (unpaired) electrons. The van der Waals surface area contributed by atoms with Crippen LogP contribution in [0.1, 0.15) is 85.5 Å². The van der Waals surface area contributed by atoms with E-state index in [2.05, 4.69) is 13.8 Å². The minimum atomic E-state index is -1.19. The van der Waals surface area contributed by atoms with Crippen LogP contribution in [0.4, 0.5) is 0 Å². The summed E-state index contributed by atoms with van der Waals surface area (Å²) in [6.07, 6.45) is 7.65. The Morgan fingerprint density at radius 3 is 2.35 bits per heavy atom. The van der Waals surface area contributed by atoms with E-state index in [1.54, 1.807) is 0 Å². The first kappa shape index (κ1) is 22.5. The average Bonchev–Trinajstić information content (AvgIpc) is 3.01. The highest BCUT2D eigenvalue weighted by molar-refractivity contribution is 5.91. The van der Waals surface area contributed by atoms with E-state index in [9.17, 15) is 19.2 Å². The van der Waals surface area contributed by atoms with E-state index >= 15 is 0 Å². The van der Waals surface area contributed by atoms with Crippen molar-refractivity contribution >= 4 is 23.5 Å². The van der Waals surface area contributed by atoms with Gasteiger partial charge in [-0.2, -0.15) is 0 Å². The summed E-state index contributed by atoms with van der Waals surface area (Å²) < 4.78 is 10.6. The molecule has 6 heteroatoms. The summed E-state index contributed by atoms with van der Waals surface area (Å²) >= 11 is 0. The van der Waals surface area contributed by atoms with Crippen LogP contribution in [0, 0.1) is 34.5 Å². The molecule has 4 aliphatic rings. The summed E-state index contributed by atoms with van der Waals surface area (Å²) in [7, 11) is 0. The Balaban J connectivity index is 1.56. The molecule has 0 aromatic rings. The summed E-state index contributed by atoms with van der Waals surface area (Å²) in [5.74, 6) is 1.07. The van der Waals surface area contributed by atoms with Crippen LogP contribution in [0.15, 0.2) is 0 Å². The molecule has 0 aromatic carbocycles. The number of hydrogen-bond donors (Lipinski definition) is 0. The monoisotopic (exact) mass is 432 g/mol. The molecule has 6 nitrogen and oxygen atoms in total. The van der Waals surface area contributed by atoms with E-state index in [1.807, 2.05) is 0 Å². The van der Waals surface area contributed by atoms with E-state index in [1.165, 1.54) is 13.8 Å². The van der Waals surface area contributed by atoms with Crippen LogP contribution >= 0.6 is 0 Å². The van der Waals surface area contributed by atoms with E-state index in [-0.39, 0.29) is 29.1 Å². The van der Waals surface area contributed by atoms with Gasteiger partial charge < -0.3 is 9.47 Å². The molecule has 4 rings (SSSR count). The van der Waals surface area contributed by atoms with Gasteiger partial charge in [0.05, 0.1) is 0 Å². The standard InChI is InChI=1S/C25H36O6/c1-15(26)30-14-22(29)25(31-16(2)27)12-11-23(3)17(13-25)5-6-18-19-7-8-21(28)24(19,4)10-9-20(18)23/h17-20H,5-14H2,1-4H3/t17-,18+,19+,20+,23-,24+,25+/m0/s1. The third-order valence-corrected chi connectivity index (χ3v) is 9.67. The second-order valence-corrected chi connectivity index (χ2v) is 11.1. The summed E-state index contributed by atoms with van der Waals surface area (Å²) in [4.78, 5) is 48.8. The number of carbonyl (C=O) groups excluding carboxylic acids is 4. The van der Waals surface area contributed by atoms with Crippen molar-refractivity contribution in [1.82, 2.24) is 0 Å². The van der Waals surface area contributed by atoms with E-state index < -0.39 is 17.5 Å². The van der Waals surface area contributed by atoms with Crippen LogP contribution in [0.25, 0.3) is 0 Å². The van der Waals surface area contributed by atoms with Gasteiger partial charge in [-0.1, -0.05) is 13.8 Å². The first-order chi connectivity index (χ1) is 14.5. The molecule has 4 aliphatic carbocycles. The molecule has 0 aromatic heterocycles. The molecule has 4 fully saturated rings. The van der Waals surface area contributed by atoms with Crippen LogP contribution in [0.5, 0.6) is 0 Å². The van der Waals surface area contributed by atoms with Gasteiger partial charge in [-0.25, -0.2) is 0 Å². The zero-order valence-electron chi connectivity index (χ0n) is 19.3. The molecule has 172 valence electrons. The normalized spacial score (nSPS) is 43.9. The van der Waals surface area contributed by atoms with E-state index in [0.717, 1.165) is 44.9 Å². The fourth-order valence-corrected chi connectivity index (χ4v) is 7.98. The summed E-state index contributed by atoms with van der Waals surface area (Å²) in [5.41, 5.74) is -1.24. The van der Waals surface area contributed by atoms with Crippen LogP contribution in [0.3, 0.4) is 0 Å². The van der Waals surface area contributed by atoms with Crippen molar-refractivity contribution < 1.29 is 28.7 Å². The maximum atomic E-state index is 13.1. The Morgan fingerprint density at radius 2 is 1.68 bits per heavy atom. The summed E-state index contributed by atoms with van der Waals surface area (Å²) in [5, 5.41) is 0. The summed E-state index contributed by atoms with van der Waals surface area (Å²) in [6, 6.07) is 0. The third kappa shape index (κ3) is 3.54. The van der Waals surface area contributed by atoms with Crippen molar-refractivity contribution in [3.05, 3.63) is 0 Å². The van der Waals surface area contributed by atoms with Gasteiger partial charge in [-0.05, 0) is 80.5 Å². The second kappa shape index (κ2) is 7.70. The number of ether oxygens (including phenoxy) is 2. The number of fused-ring (bicyclic) bond motifs is 5. The molecule has 0 unspecified atom stereocenters. The van der Waals surface area contributed by atoms with Crippen molar-refractivity contribution in [2.24, 2.45) is 34.5 Å². The maximum Gasteiger partial charge on any atom is 0.303 e. The first-order valence-corrected chi connectivity index (χ1v) is 11.9. The lowest BCUT2D eigenvalue weighted by molar-refractivity contribution is -0.189. The number of rotatable bonds is 4. The Morgan fingerprint density at radius 1 is 0.935 bits per heavy atom. The highest BCUT2D eigenvalue weighted by Crippen LogP contribution is 2.66. The van der Waals surface area contributed by atoms with E-state index in [4.69, 9.17) is 9.47 Å². The van der Waals surface area contributed by atoms with Gasteiger partial charge in [0.1, 0.15) is 5.78 Å². The van der Waals surface area contributed by atoms with Gasteiger partial charge in [-0.3, -0.25) is 19.2 Å². The Bertz CT molecular complexity index is 804. The van der Waals surface area contributed by atoms with Gasteiger partial charge in [0.15, 0.2) is 12.2 Å². The largest absolute Gasteiger partial charge is 0.458 e. The number of ketones is 2. The number of hydrogen-bond acceptors (Lipinski definition) is 6. The molecule has 0 saturated heterocycles. The Labute approximate surface area is 184 Å². The average molecular weight is 433 g/mol. The highest BCUT2D eigenvalue weighted by Gasteiger charge is 2.62. The number of carbonyl (C=O) groups is 4. The Hall–Kier alpha value is -1.72. The SMILES string of the molecule is CC(=O)OCC(=O)[C@@]1(OC(C)=O)CC[C@@]2(C)[C@@H](CC[C@H]3[C@H]2CC[C@@]2(C)C(=O)CC[C@H]32)C1. The quantitative estimate of drug-likeness (QED) is 0.623. The van der Waals surface area contributed by atoms with Crippen molar-refractivity contribution in [3.63, 3.8) is 0 Å². The molecule has 0 spiro atoms. The van der Waals surface area contributed by atoms with Crippen molar-refractivity contribution in [3.8, 4) is 0 Å². The topological polar surface area (TPSA) is 86.7 Å². The lowest BCUT2D eigenvalue weighted by Gasteiger charge is -2.61. The first-order valence-electron chi connectivity index (χ1n) is 11.9. The van der Waals surface area contributed by atoms with Crippen LogP contribution < -0.4 is 0 Å². The summed E-state index contributed by atoms with van der Waals surface area (Å²) in [6.45, 7) is 6.82. The molecule has 4 saturated carbocycles.